The largest absolute Gasteiger partial charge is 0.266 e. The van der Waals surface area contributed by atoms with Gasteiger partial charge in [-0.3, -0.25) is 0 Å². The molecule has 1 atom stereocenters. The van der Waals surface area contributed by atoms with E-state index >= 15 is 0 Å². The monoisotopic (exact) mass is 380 g/mol. The Morgan fingerprint density at radius 2 is 1.82 bits per heavy atom. The number of hydrogen-bond acceptors (Lipinski definition) is 5. The van der Waals surface area contributed by atoms with Gasteiger partial charge in [-0.1, -0.05) is 11.8 Å². The summed E-state index contributed by atoms with van der Waals surface area (Å²) in [5, 5.41) is 3.66. The fourth-order valence-electron chi connectivity index (χ4n) is 1.30. The van der Waals surface area contributed by atoms with E-state index in [2.05, 4.69) is 5.10 Å². The minimum absolute atomic E-state index is 0.00366. The quantitative estimate of drug-likeness (QED) is 0.637. The molecule has 12 heteroatoms. The van der Waals surface area contributed by atoms with Gasteiger partial charge in [-0.15, -0.1) is 5.10 Å². The topological polar surface area (TPSA) is 66.8 Å². The van der Waals surface area contributed by atoms with Gasteiger partial charge in [0.25, 0.3) is 12.2 Å². The summed E-state index contributed by atoms with van der Waals surface area (Å²) in [5.41, 5.74) is 0. The second-order valence-electron chi connectivity index (χ2n) is 3.90. The summed E-state index contributed by atoms with van der Waals surface area (Å²) in [6.45, 7) is 0. The fourth-order valence-corrected chi connectivity index (χ4v) is 5.12. The van der Waals surface area contributed by atoms with Gasteiger partial charge in [0, 0.05) is 5.75 Å². The number of thioether (sulfide) groups is 1. The molecule has 0 saturated carbocycles. The molecule has 1 aliphatic rings. The lowest BCUT2D eigenvalue weighted by molar-refractivity contribution is 0.417. The maximum Gasteiger partial charge on any atom is 0.266 e. The Morgan fingerprint density at radius 1 is 1.23 bits per heavy atom. The van der Waals surface area contributed by atoms with Crippen LogP contribution in [0.3, 0.4) is 0 Å². The lowest BCUT2D eigenvalue weighted by Gasteiger charge is -2.09. The normalized spacial score (nSPS) is 16.2. The highest BCUT2D eigenvalue weighted by Crippen LogP contribution is 2.23. The smallest absolute Gasteiger partial charge is 0.235 e. The number of allylic oxidation sites excluding steroid dienone is 2. The van der Waals surface area contributed by atoms with Crippen LogP contribution in [-0.4, -0.2) is 38.8 Å². The molecule has 0 aromatic carbocycles. The molecule has 0 fully saturated rings. The van der Waals surface area contributed by atoms with Crippen LogP contribution in [0.15, 0.2) is 29.4 Å². The Balaban J connectivity index is 2.61. The van der Waals surface area contributed by atoms with Crippen LogP contribution in [0.4, 0.5) is 17.6 Å². The first-order valence-corrected chi connectivity index (χ1v) is 9.76. The van der Waals surface area contributed by atoms with Crippen molar-refractivity contribution >= 4 is 37.0 Å². The number of nitrogens with zero attached hydrogens (tertiary/aromatic N) is 2. The van der Waals surface area contributed by atoms with E-state index < -0.39 is 38.7 Å². The number of hydrogen-bond donors (Lipinski definition) is 0. The van der Waals surface area contributed by atoms with Crippen molar-refractivity contribution in [1.82, 2.24) is 4.41 Å². The van der Waals surface area contributed by atoms with Gasteiger partial charge in [0.2, 0.25) is 14.2 Å². The van der Waals surface area contributed by atoms with Gasteiger partial charge < -0.3 is 0 Å². The molecule has 1 rings (SSSR count). The SMILES string of the molecule is O=S(CCC=C(F)F)N1CSC(S(=O)(=O)CCC=C(F)F)=N1. The molecule has 0 aromatic heterocycles. The van der Waals surface area contributed by atoms with Crippen LogP contribution in [0.25, 0.3) is 0 Å². The van der Waals surface area contributed by atoms with Gasteiger partial charge in [0.15, 0.2) is 0 Å². The number of hydrazone groups is 1. The molecule has 0 bridgehead atoms. The van der Waals surface area contributed by atoms with Crippen molar-refractivity contribution in [2.75, 3.05) is 17.4 Å². The summed E-state index contributed by atoms with van der Waals surface area (Å²) in [7, 11) is -5.56. The minimum Gasteiger partial charge on any atom is -0.235 e. The van der Waals surface area contributed by atoms with E-state index in [-0.39, 0.29) is 28.8 Å². The third kappa shape index (κ3) is 6.48. The van der Waals surface area contributed by atoms with Crippen LogP contribution in [0, 0.1) is 0 Å². The lowest BCUT2D eigenvalue weighted by Crippen LogP contribution is -2.19. The second-order valence-corrected chi connectivity index (χ2v) is 8.59. The van der Waals surface area contributed by atoms with Gasteiger partial charge in [-0.25, -0.2) is 17.0 Å². The second kappa shape index (κ2) is 8.67. The van der Waals surface area contributed by atoms with E-state index in [1.165, 1.54) is 0 Å². The highest BCUT2D eigenvalue weighted by molar-refractivity contribution is 8.35. The van der Waals surface area contributed by atoms with Crippen molar-refractivity contribution in [3.05, 3.63) is 24.3 Å². The molecule has 0 aromatic rings. The van der Waals surface area contributed by atoms with Crippen molar-refractivity contribution in [1.29, 1.82) is 0 Å². The highest BCUT2D eigenvalue weighted by atomic mass is 32.3. The summed E-state index contributed by atoms with van der Waals surface area (Å²) in [4.78, 5) is 0. The Kier molecular flexibility index (Phi) is 7.56. The molecular weight excluding hydrogens is 368 g/mol. The molecule has 0 saturated heterocycles. The van der Waals surface area contributed by atoms with E-state index in [1.807, 2.05) is 0 Å². The minimum atomic E-state index is -3.83. The van der Waals surface area contributed by atoms with Gasteiger partial charge in [0.1, 0.15) is 16.9 Å². The van der Waals surface area contributed by atoms with Crippen LogP contribution in [0.1, 0.15) is 12.8 Å². The van der Waals surface area contributed by atoms with Crippen LogP contribution in [0.5, 0.6) is 0 Å². The molecule has 126 valence electrons. The molecule has 0 amide bonds. The van der Waals surface area contributed by atoms with E-state index in [9.17, 15) is 30.2 Å². The molecule has 0 spiro atoms. The highest BCUT2D eigenvalue weighted by Gasteiger charge is 2.29. The predicted octanol–water partition coefficient (Wildman–Crippen LogP) is 2.68. The molecule has 22 heavy (non-hydrogen) atoms. The number of halogens is 4. The van der Waals surface area contributed by atoms with Gasteiger partial charge in [-0.05, 0) is 25.0 Å². The average Bonchev–Trinajstić information content (AvgIpc) is 2.87. The summed E-state index contributed by atoms with van der Waals surface area (Å²) in [6, 6.07) is 0. The molecule has 5 nitrogen and oxygen atoms in total. The standard InChI is InChI=1S/C10H12F4N2O3S3/c11-8(12)3-1-5-21(17)16-7-20-10(15-16)22(18,19)6-2-4-9(13)14/h3-4H,1-2,5-7H2. The van der Waals surface area contributed by atoms with Crippen molar-refractivity contribution in [3.63, 3.8) is 0 Å². The van der Waals surface area contributed by atoms with Gasteiger partial charge in [0.05, 0.1) is 5.75 Å². The summed E-state index contributed by atoms with van der Waals surface area (Å²) < 4.78 is 83.4. The molecule has 0 radical (unpaired) electrons. The molecule has 0 aliphatic carbocycles. The van der Waals surface area contributed by atoms with Crippen LogP contribution < -0.4 is 0 Å². The van der Waals surface area contributed by atoms with E-state index in [0.29, 0.717) is 12.2 Å². The number of sulfone groups is 1. The van der Waals surface area contributed by atoms with E-state index in [0.717, 1.165) is 16.2 Å². The van der Waals surface area contributed by atoms with Crippen molar-refractivity contribution < 1.29 is 30.2 Å². The van der Waals surface area contributed by atoms with Gasteiger partial charge in [-0.2, -0.15) is 17.6 Å². The van der Waals surface area contributed by atoms with E-state index in [4.69, 9.17) is 0 Å². The van der Waals surface area contributed by atoms with Crippen LogP contribution in [-0.2, 0) is 20.8 Å². The molecule has 0 N–H and O–H groups in total. The lowest BCUT2D eigenvalue weighted by atomic mass is 10.5. The fraction of sp³-hybridized carbons (Fsp3) is 0.500. The molecule has 1 heterocycles. The Labute approximate surface area is 131 Å². The third-order valence-corrected chi connectivity index (χ3v) is 6.90. The number of rotatable bonds is 7. The van der Waals surface area contributed by atoms with Crippen molar-refractivity contribution in [3.8, 4) is 0 Å². The summed E-state index contributed by atoms with van der Waals surface area (Å²) in [5.74, 6) is -0.659. The Bertz CT molecular complexity index is 611. The zero-order valence-electron chi connectivity index (χ0n) is 11.0. The maximum atomic E-state index is 11.9. The molecule has 1 aliphatic heterocycles. The van der Waals surface area contributed by atoms with E-state index in [1.54, 1.807) is 0 Å². The molecular formula is C10H12F4N2O3S3. The first kappa shape index (κ1) is 19.2. The summed E-state index contributed by atoms with van der Waals surface area (Å²) >= 11 is 0.807. The van der Waals surface area contributed by atoms with Crippen LogP contribution in [0.2, 0.25) is 0 Å². The maximum absolute atomic E-state index is 11.9. The first-order chi connectivity index (χ1) is 10.2. The van der Waals surface area contributed by atoms with Gasteiger partial charge >= 0.3 is 0 Å². The average molecular weight is 380 g/mol. The van der Waals surface area contributed by atoms with Crippen LogP contribution >= 0.6 is 11.8 Å². The first-order valence-electron chi connectivity index (χ1n) is 5.85. The van der Waals surface area contributed by atoms with Crippen molar-refractivity contribution in [2.24, 2.45) is 5.10 Å². The van der Waals surface area contributed by atoms with Crippen molar-refractivity contribution in [2.45, 2.75) is 12.8 Å². The summed E-state index contributed by atoms with van der Waals surface area (Å²) in [6.07, 6.45) is -3.23. The predicted molar refractivity (Wildman–Crippen MR) is 78.4 cm³/mol. The third-order valence-electron chi connectivity index (χ3n) is 2.27. The Hall–Kier alpha value is -0.880. The Morgan fingerprint density at radius 3 is 2.41 bits per heavy atom. The zero-order chi connectivity index (χ0) is 16.8. The zero-order valence-corrected chi connectivity index (χ0v) is 13.5. The molecule has 1 unspecified atom stereocenters.